The molecule has 1 fully saturated rings. The lowest BCUT2D eigenvalue weighted by Crippen LogP contribution is -2.32. The van der Waals surface area contributed by atoms with Crippen LogP contribution in [0.1, 0.15) is 39.5 Å². The molecule has 144 valence electrons. The molecular weight excluding hydrogens is 391 g/mol. The topological polar surface area (TPSA) is 33.2 Å². The van der Waals surface area contributed by atoms with Crippen molar-refractivity contribution in [3.05, 3.63) is 81.6 Å². The standard InChI is InChI=1S/C22H21FN2OS2/c1-15-24-19(13-27-15)14-28-21-10-4-17(5-11-21)22(26)25(20-8-9-20)12-16-2-6-18(23)7-3-16/h2-7,10-11,13,20H,8-9,12,14H2,1H3. The summed E-state index contributed by atoms with van der Waals surface area (Å²) in [5.41, 5.74) is 2.74. The van der Waals surface area contributed by atoms with Crippen molar-refractivity contribution < 1.29 is 9.18 Å². The van der Waals surface area contributed by atoms with Gasteiger partial charge in [0.05, 0.1) is 10.7 Å². The van der Waals surface area contributed by atoms with Crippen LogP contribution in [0.4, 0.5) is 4.39 Å². The molecule has 1 aliphatic rings. The van der Waals surface area contributed by atoms with Gasteiger partial charge < -0.3 is 4.90 Å². The van der Waals surface area contributed by atoms with Crippen LogP contribution < -0.4 is 0 Å². The van der Waals surface area contributed by atoms with E-state index >= 15 is 0 Å². The number of hydrogen-bond acceptors (Lipinski definition) is 4. The molecule has 0 aliphatic heterocycles. The van der Waals surface area contributed by atoms with Crippen LogP contribution in [-0.4, -0.2) is 21.8 Å². The van der Waals surface area contributed by atoms with E-state index in [2.05, 4.69) is 10.4 Å². The second-order valence-corrected chi connectivity index (χ2v) is 9.07. The molecular formula is C22H21FN2OS2. The number of thiazole rings is 1. The molecule has 6 heteroatoms. The highest BCUT2D eigenvalue weighted by Gasteiger charge is 2.33. The molecule has 0 unspecified atom stereocenters. The van der Waals surface area contributed by atoms with Crippen LogP contribution in [0.3, 0.4) is 0 Å². The van der Waals surface area contributed by atoms with Gasteiger partial charge in [0, 0.05) is 34.2 Å². The number of aryl methyl sites for hydroxylation is 1. The fraction of sp³-hybridized carbons (Fsp3) is 0.273. The summed E-state index contributed by atoms with van der Waals surface area (Å²) in [5.74, 6) is 0.614. The van der Waals surface area contributed by atoms with Gasteiger partial charge in [0.2, 0.25) is 0 Å². The predicted molar refractivity (Wildman–Crippen MR) is 112 cm³/mol. The van der Waals surface area contributed by atoms with Crippen LogP contribution in [-0.2, 0) is 12.3 Å². The van der Waals surface area contributed by atoms with E-state index in [9.17, 15) is 9.18 Å². The number of hydrogen-bond donors (Lipinski definition) is 0. The SMILES string of the molecule is Cc1nc(CSc2ccc(C(=O)N(Cc3ccc(F)cc3)C3CC3)cc2)cs1. The Kier molecular flexibility index (Phi) is 5.78. The van der Waals surface area contributed by atoms with Gasteiger partial charge in [-0.25, -0.2) is 9.37 Å². The zero-order valence-corrected chi connectivity index (χ0v) is 17.2. The molecule has 1 heterocycles. The van der Waals surface area contributed by atoms with Gasteiger partial charge in [-0.2, -0.15) is 0 Å². The number of thioether (sulfide) groups is 1. The number of amides is 1. The van der Waals surface area contributed by atoms with Crippen molar-refractivity contribution in [2.24, 2.45) is 0 Å². The highest BCUT2D eigenvalue weighted by Crippen LogP contribution is 2.30. The minimum atomic E-state index is -0.256. The molecule has 2 aromatic carbocycles. The summed E-state index contributed by atoms with van der Waals surface area (Å²) in [6, 6.07) is 14.5. The first-order valence-electron chi connectivity index (χ1n) is 9.28. The molecule has 0 N–H and O–H groups in total. The van der Waals surface area contributed by atoms with Crippen molar-refractivity contribution in [3.8, 4) is 0 Å². The Morgan fingerprint density at radius 1 is 1.18 bits per heavy atom. The van der Waals surface area contributed by atoms with Crippen molar-refractivity contribution in [1.29, 1.82) is 0 Å². The molecule has 0 atom stereocenters. The zero-order chi connectivity index (χ0) is 19.5. The van der Waals surface area contributed by atoms with Crippen molar-refractivity contribution in [1.82, 2.24) is 9.88 Å². The Bertz CT molecular complexity index is 949. The first-order valence-corrected chi connectivity index (χ1v) is 11.1. The summed E-state index contributed by atoms with van der Waals surface area (Å²) in [7, 11) is 0. The molecule has 1 amide bonds. The predicted octanol–water partition coefficient (Wildman–Crippen LogP) is 5.69. The fourth-order valence-corrected chi connectivity index (χ4v) is 4.54. The normalized spacial score (nSPS) is 13.5. The van der Waals surface area contributed by atoms with Crippen LogP contribution in [0.25, 0.3) is 0 Å². The van der Waals surface area contributed by atoms with Gasteiger partial charge in [0.15, 0.2) is 0 Å². The van der Waals surface area contributed by atoms with E-state index in [-0.39, 0.29) is 11.7 Å². The summed E-state index contributed by atoms with van der Waals surface area (Å²) >= 11 is 3.39. The molecule has 0 spiro atoms. The van der Waals surface area contributed by atoms with Gasteiger partial charge >= 0.3 is 0 Å². The number of rotatable bonds is 7. The Labute approximate surface area is 172 Å². The first-order chi connectivity index (χ1) is 13.6. The fourth-order valence-electron chi connectivity index (χ4n) is 3.03. The average Bonchev–Trinajstić information content (AvgIpc) is 3.47. The first kappa shape index (κ1) is 19.2. The van der Waals surface area contributed by atoms with E-state index in [1.807, 2.05) is 36.1 Å². The van der Waals surface area contributed by atoms with E-state index in [4.69, 9.17) is 0 Å². The molecule has 0 bridgehead atoms. The largest absolute Gasteiger partial charge is 0.331 e. The molecule has 3 nitrogen and oxygen atoms in total. The summed E-state index contributed by atoms with van der Waals surface area (Å²) < 4.78 is 13.1. The van der Waals surface area contributed by atoms with E-state index in [1.165, 1.54) is 12.1 Å². The number of carbonyl (C=O) groups excluding carboxylic acids is 1. The molecule has 1 aromatic heterocycles. The van der Waals surface area contributed by atoms with Gasteiger partial charge in [-0.15, -0.1) is 23.1 Å². The second-order valence-electron chi connectivity index (χ2n) is 6.96. The lowest BCUT2D eigenvalue weighted by atomic mass is 10.1. The van der Waals surface area contributed by atoms with E-state index in [1.54, 1.807) is 35.2 Å². The lowest BCUT2D eigenvalue weighted by molar-refractivity contribution is 0.0730. The minimum absolute atomic E-state index is 0.0403. The molecule has 0 radical (unpaired) electrons. The van der Waals surface area contributed by atoms with Crippen LogP contribution in [0.15, 0.2) is 58.8 Å². The van der Waals surface area contributed by atoms with Crippen molar-refractivity contribution in [3.63, 3.8) is 0 Å². The third-order valence-electron chi connectivity index (χ3n) is 4.67. The maximum absolute atomic E-state index is 13.1. The molecule has 4 rings (SSSR count). The lowest BCUT2D eigenvalue weighted by Gasteiger charge is -2.23. The van der Waals surface area contributed by atoms with E-state index in [0.29, 0.717) is 18.2 Å². The van der Waals surface area contributed by atoms with Gasteiger partial charge in [0.25, 0.3) is 5.91 Å². The van der Waals surface area contributed by atoms with Gasteiger partial charge in [-0.3, -0.25) is 4.79 Å². The van der Waals surface area contributed by atoms with Gasteiger partial charge in [-0.1, -0.05) is 12.1 Å². The molecule has 28 heavy (non-hydrogen) atoms. The zero-order valence-electron chi connectivity index (χ0n) is 15.6. The van der Waals surface area contributed by atoms with Crippen LogP contribution in [0, 0.1) is 12.7 Å². The Balaban J connectivity index is 1.41. The third-order valence-corrected chi connectivity index (χ3v) is 6.54. The minimum Gasteiger partial charge on any atom is -0.331 e. The number of benzene rings is 2. The summed E-state index contributed by atoms with van der Waals surface area (Å²) in [5, 5.41) is 3.17. The van der Waals surface area contributed by atoms with Crippen LogP contribution in [0.2, 0.25) is 0 Å². The Morgan fingerprint density at radius 3 is 2.50 bits per heavy atom. The highest BCUT2D eigenvalue weighted by atomic mass is 32.2. The quantitative estimate of drug-likeness (QED) is 0.468. The van der Waals surface area contributed by atoms with Gasteiger partial charge in [0.1, 0.15) is 5.82 Å². The molecule has 1 aliphatic carbocycles. The Hall–Kier alpha value is -2.18. The molecule has 3 aromatic rings. The van der Waals surface area contributed by atoms with Crippen LogP contribution in [0.5, 0.6) is 0 Å². The maximum atomic E-state index is 13.1. The smallest absolute Gasteiger partial charge is 0.254 e. The Morgan fingerprint density at radius 2 is 1.89 bits per heavy atom. The summed E-state index contributed by atoms with van der Waals surface area (Å²) in [6.07, 6.45) is 2.07. The highest BCUT2D eigenvalue weighted by molar-refractivity contribution is 7.98. The van der Waals surface area contributed by atoms with Crippen molar-refractivity contribution >= 4 is 29.0 Å². The third kappa shape index (κ3) is 4.80. The van der Waals surface area contributed by atoms with Crippen molar-refractivity contribution in [2.75, 3.05) is 0 Å². The monoisotopic (exact) mass is 412 g/mol. The van der Waals surface area contributed by atoms with Crippen molar-refractivity contribution in [2.45, 2.75) is 43.0 Å². The number of nitrogens with zero attached hydrogens (tertiary/aromatic N) is 2. The second kappa shape index (κ2) is 8.45. The maximum Gasteiger partial charge on any atom is 0.254 e. The van der Waals surface area contributed by atoms with Gasteiger partial charge in [-0.05, 0) is 61.7 Å². The average molecular weight is 413 g/mol. The van der Waals surface area contributed by atoms with E-state index in [0.717, 1.165) is 39.8 Å². The molecule has 0 saturated heterocycles. The summed E-state index contributed by atoms with van der Waals surface area (Å²) in [6.45, 7) is 2.53. The van der Waals surface area contributed by atoms with E-state index < -0.39 is 0 Å². The molecule has 1 saturated carbocycles. The summed E-state index contributed by atoms with van der Waals surface area (Å²) in [4.78, 5) is 20.5. The number of halogens is 1. The number of carbonyl (C=O) groups is 1. The van der Waals surface area contributed by atoms with Crippen LogP contribution >= 0.6 is 23.1 Å². The number of aromatic nitrogens is 1.